The van der Waals surface area contributed by atoms with E-state index in [1.54, 1.807) is 0 Å². The maximum atomic E-state index is 8.98. The van der Waals surface area contributed by atoms with Crippen molar-refractivity contribution in [3.63, 3.8) is 0 Å². The predicted octanol–water partition coefficient (Wildman–Crippen LogP) is 1.67. The van der Waals surface area contributed by atoms with Crippen LogP contribution in [0.1, 0.15) is 18.1 Å². The molecule has 1 N–H and O–H groups in total. The van der Waals surface area contributed by atoms with E-state index in [4.69, 9.17) is 5.11 Å². The molecular formula is C11H14N2O. The van der Waals surface area contributed by atoms with Gasteiger partial charge < -0.3 is 10.0 Å². The zero-order valence-electron chi connectivity index (χ0n) is 8.27. The van der Waals surface area contributed by atoms with Crippen LogP contribution in [0.15, 0.2) is 23.2 Å². The Kier molecular flexibility index (Phi) is 2.50. The number of hydrogen-bond acceptors (Lipinski definition) is 3. The van der Waals surface area contributed by atoms with Gasteiger partial charge in [0, 0.05) is 13.1 Å². The Morgan fingerprint density at radius 1 is 1.50 bits per heavy atom. The number of aliphatic hydroxyl groups excluding tert-OH is 1. The van der Waals surface area contributed by atoms with E-state index in [-0.39, 0.29) is 6.61 Å². The number of fused-ring (bicyclic) bond motifs is 1. The zero-order valence-corrected chi connectivity index (χ0v) is 8.27. The summed E-state index contributed by atoms with van der Waals surface area (Å²) in [5.74, 6) is 0. The maximum absolute atomic E-state index is 8.98. The molecule has 0 unspecified atom stereocenters. The van der Waals surface area contributed by atoms with E-state index in [2.05, 4.69) is 16.8 Å². The summed E-state index contributed by atoms with van der Waals surface area (Å²) in [6, 6.07) is 5.94. The molecule has 2 rings (SSSR count). The molecule has 14 heavy (non-hydrogen) atoms. The van der Waals surface area contributed by atoms with E-state index in [9.17, 15) is 0 Å². The highest BCUT2D eigenvalue weighted by molar-refractivity contribution is 5.67. The van der Waals surface area contributed by atoms with Crippen LogP contribution >= 0.6 is 0 Å². The molecular weight excluding hydrogens is 176 g/mol. The van der Waals surface area contributed by atoms with Crippen molar-refractivity contribution in [3.8, 4) is 0 Å². The van der Waals surface area contributed by atoms with Gasteiger partial charge in [-0.3, -0.25) is 0 Å². The molecule has 1 aliphatic heterocycles. The molecule has 3 nitrogen and oxygen atoms in total. The van der Waals surface area contributed by atoms with E-state index in [1.807, 2.05) is 24.5 Å². The molecule has 0 fully saturated rings. The van der Waals surface area contributed by atoms with Gasteiger partial charge in [-0.15, -0.1) is 0 Å². The van der Waals surface area contributed by atoms with E-state index >= 15 is 0 Å². The molecule has 0 aromatic heterocycles. The Hall–Kier alpha value is -1.35. The highest BCUT2D eigenvalue weighted by Gasteiger charge is 2.10. The lowest BCUT2D eigenvalue weighted by molar-refractivity contribution is 0.282. The predicted molar refractivity (Wildman–Crippen MR) is 56.6 cm³/mol. The Morgan fingerprint density at radius 3 is 3.07 bits per heavy atom. The highest BCUT2D eigenvalue weighted by Crippen LogP contribution is 2.25. The largest absolute Gasteiger partial charge is 0.392 e. The molecule has 0 bridgehead atoms. The number of aliphatic hydroxyl groups is 1. The molecule has 1 aliphatic rings. The van der Waals surface area contributed by atoms with E-state index < -0.39 is 0 Å². The minimum Gasteiger partial charge on any atom is -0.392 e. The summed E-state index contributed by atoms with van der Waals surface area (Å²) in [5.41, 5.74) is 3.14. The van der Waals surface area contributed by atoms with Gasteiger partial charge in [-0.2, -0.15) is 0 Å². The van der Waals surface area contributed by atoms with Crippen LogP contribution < -0.4 is 0 Å². The lowest BCUT2D eigenvalue weighted by Gasteiger charge is -2.22. The van der Waals surface area contributed by atoms with Gasteiger partial charge in [0.2, 0.25) is 0 Å². The quantitative estimate of drug-likeness (QED) is 0.770. The van der Waals surface area contributed by atoms with Crippen molar-refractivity contribution in [3.05, 3.63) is 29.3 Å². The summed E-state index contributed by atoms with van der Waals surface area (Å²) >= 11 is 0. The second-order valence-electron chi connectivity index (χ2n) is 3.43. The van der Waals surface area contributed by atoms with Gasteiger partial charge in [0.15, 0.2) is 0 Å². The molecule has 0 aliphatic carbocycles. The summed E-state index contributed by atoms with van der Waals surface area (Å²) < 4.78 is 0. The molecule has 74 valence electrons. The van der Waals surface area contributed by atoms with Crippen molar-refractivity contribution in [1.82, 2.24) is 4.90 Å². The van der Waals surface area contributed by atoms with Crippen LogP contribution in [0.5, 0.6) is 0 Å². The average molecular weight is 190 g/mol. The van der Waals surface area contributed by atoms with Crippen LogP contribution in [0, 0.1) is 0 Å². The average Bonchev–Trinajstić information content (AvgIpc) is 2.27. The van der Waals surface area contributed by atoms with Crippen molar-refractivity contribution >= 4 is 12.0 Å². The summed E-state index contributed by atoms with van der Waals surface area (Å²) in [7, 11) is 0. The van der Waals surface area contributed by atoms with Crippen LogP contribution in [0.2, 0.25) is 0 Å². The number of benzene rings is 1. The third-order valence-electron chi connectivity index (χ3n) is 2.47. The molecule has 0 saturated heterocycles. The van der Waals surface area contributed by atoms with E-state index in [0.29, 0.717) is 0 Å². The van der Waals surface area contributed by atoms with Gasteiger partial charge in [-0.25, -0.2) is 4.99 Å². The molecule has 0 spiro atoms. The summed E-state index contributed by atoms with van der Waals surface area (Å²) in [6.45, 7) is 4.09. The fourth-order valence-electron chi connectivity index (χ4n) is 1.56. The van der Waals surface area contributed by atoms with Crippen LogP contribution in [0.4, 0.5) is 5.69 Å². The molecule has 0 amide bonds. The van der Waals surface area contributed by atoms with Crippen molar-refractivity contribution in [2.24, 2.45) is 4.99 Å². The third kappa shape index (κ3) is 1.63. The normalized spacial score (nSPS) is 14.3. The molecule has 1 aromatic carbocycles. The zero-order chi connectivity index (χ0) is 9.97. The Bertz CT molecular complexity index is 360. The van der Waals surface area contributed by atoms with E-state index in [0.717, 1.165) is 24.3 Å². The van der Waals surface area contributed by atoms with Gasteiger partial charge in [-0.1, -0.05) is 12.1 Å². The minimum absolute atomic E-state index is 0.0836. The molecule has 0 radical (unpaired) electrons. The first kappa shape index (κ1) is 9.21. The number of nitrogens with zero attached hydrogens (tertiary/aromatic N) is 2. The summed E-state index contributed by atoms with van der Waals surface area (Å²) in [6.07, 6.45) is 1.86. The monoisotopic (exact) mass is 190 g/mol. The Balaban J connectivity index is 2.31. The standard InChI is InChI=1S/C11H14N2O/c1-2-13-6-10-4-3-9(7-14)5-11(10)12-8-13/h3-5,8,14H,2,6-7H2,1H3. The first-order chi connectivity index (χ1) is 6.83. The smallest absolute Gasteiger partial charge is 0.0915 e. The lowest BCUT2D eigenvalue weighted by Crippen LogP contribution is -2.23. The molecule has 3 heteroatoms. The van der Waals surface area contributed by atoms with Gasteiger partial charge in [0.25, 0.3) is 0 Å². The highest BCUT2D eigenvalue weighted by atomic mass is 16.3. The van der Waals surface area contributed by atoms with Crippen LogP contribution in [-0.4, -0.2) is 22.9 Å². The van der Waals surface area contributed by atoms with Crippen molar-refractivity contribution in [2.45, 2.75) is 20.1 Å². The SMILES string of the molecule is CCN1C=Nc2cc(CO)ccc2C1. The topological polar surface area (TPSA) is 35.8 Å². The fourth-order valence-corrected chi connectivity index (χ4v) is 1.56. The van der Waals surface area contributed by atoms with Crippen molar-refractivity contribution in [1.29, 1.82) is 0 Å². The van der Waals surface area contributed by atoms with Gasteiger partial charge in [0.05, 0.1) is 18.6 Å². The maximum Gasteiger partial charge on any atom is 0.0915 e. The molecule has 0 saturated carbocycles. The number of rotatable bonds is 2. The number of aliphatic imine (C=N–C) groups is 1. The van der Waals surface area contributed by atoms with E-state index in [1.165, 1.54) is 5.56 Å². The molecule has 1 aromatic rings. The van der Waals surface area contributed by atoms with Crippen LogP contribution in [0.3, 0.4) is 0 Å². The first-order valence-corrected chi connectivity index (χ1v) is 4.84. The van der Waals surface area contributed by atoms with Crippen LogP contribution in [0.25, 0.3) is 0 Å². The van der Waals surface area contributed by atoms with Crippen LogP contribution in [-0.2, 0) is 13.2 Å². The first-order valence-electron chi connectivity index (χ1n) is 4.84. The fraction of sp³-hybridized carbons (Fsp3) is 0.364. The number of hydrogen-bond donors (Lipinski definition) is 1. The second-order valence-corrected chi connectivity index (χ2v) is 3.43. The summed E-state index contributed by atoms with van der Waals surface area (Å²) in [4.78, 5) is 6.50. The van der Waals surface area contributed by atoms with Gasteiger partial charge in [-0.05, 0) is 24.1 Å². The second kappa shape index (κ2) is 3.80. The Labute approximate surface area is 83.7 Å². The Morgan fingerprint density at radius 2 is 2.36 bits per heavy atom. The van der Waals surface area contributed by atoms with Crippen molar-refractivity contribution in [2.75, 3.05) is 6.54 Å². The third-order valence-corrected chi connectivity index (χ3v) is 2.47. The summed E-state index contributed by atoms with van der Waals surface area (Å²) in [5, 5.41) is 8.98. The molecule has 0 atom stereocenters. The van der Waals surface area contributed by atoms with Crippen molar-refractivity contribution < 1.29 is 5.11 Å². The molecule has 1 heterocycles. The van der Waals surface area contributed by atoms with Gasteiger partial charge >= 0.3 is 0 Å². The van der Waals surface area contributed by atoms with Gasteiger partial charge in [0.1, 0.15) is 0 Å². The lowest BCUT2D eigenvalue weighted by atomic mass is 10.1. The minimum atomic E-state index is 0.0836.